The second-order valence-corrected chi connectivity index (χ2v) is 5.30. The molecule has 1 amide bonds. The highest BCUT2D eigenvalue weighted by molar-refractivity contribution is 5.76. The lowest BCUT2D eigenvalue weighted by atomic mass is 10.1. The summed E-state index contributed by atoms with van der Waals surface area (Å²) in [4.78, 5) is 14.2. The highest BCUT2D eigenvalue weighted by Crippen LogP contribution is 2.11. The Kier molecular flexibility index (Phi) is 5.49. The second-order valence-electron chi connectivity index (χ2n) is 5.30. The Balaban J connectivity index is 1.66. The monoisotopic (exact) mass is 281 g/mol. The van der Waals surface area contributed by atoms with Crippen LogP contribution in [0.15, 0.2) is 12.4 Å². The first-order valence-corrected chi connectivity index (χ1v) is 7.11. The van der Waals surface area contributed by atoms with E-state index in [2.05, 4.69) is 34.4 Å². The standard InChI is InChI=1S/C13H23N5O2/c1-11(2)17-7-8-20-12(10-17)9-13(19)14-3-5-18-6-4-15-16-18/h4,6,11-12H,3,5,7-10H2,1-2H3,(H,14,19). The predicted molar refractivity (Wildman–Crippen MR) is 74.1 cm³/mol. The van der Waals surface area contributed by atoms with E-state index in [1.807, 2.05) is 0 Å². The minimum absolute atomic E-state index is 0.00230. The molecule has 1 fully saturated rings. The van der Waals surface area contributed by atoms with Gasteiger partial charge in [0.25, 0.3) is 0 Å². The lowest BCUT2D eigenvalue weighted by molar-refractivity contribution is -0.126. The lowest BCUT2D eigenvalue weighted by Crippen LogP contribution is -2.47. The molecule has 1 aliphatic rings. The molecule has 0 saturated carbocycles. The van der Waals surface area contributed by atoms with Gasteiger partial charge in [0.15, 0.2) is 0 Å². The Morgan fingerprint density at radius 2 is 2.40 bits per heavy atom. The molecule has 2 rings (SSSR count). The molecule has 0 spiro atoms. The smallest absolute Gasteiger partial charge is 0.222 e. The Morgan fingerprint density at radius 1 is 1.55 bits per heavy atom. The van der Waals surface area contributed by atoms with Crippen LogP contribution in [0.2, 0.25) is 0 Å². The van der Waals surface area contributed by atoms with E-state index in [4.69, 9.17) is 4.74 Å². The number of morpholine rings is 1. The van der Waals surface area contributed by atoms with Crippen molar-refractivity contribution in [3.8, 4) is 0 Å². The van der Waals surface area contributed by atoms with Crippen molar-refractivity contribution < 1.29 is 9.53 Å². The summed E-state index contributed by atoms with van der Waals surface area (Å²) in [6.07, 6.45) is 3.81. The van der Waals surface area contributed by atoms with Crippen molar-refractivity contribution in [2.45, 2.75) is 39.0 Å². The number of hydrogen-bond donors (Lipinski definition) is 1. The van der Waals surface area contributed by atoms with E-state index >= 15 is 0 Å². The number of ether oxygens (including phenoxy) is 1. The Hall–Kier alpha value is -1.47. The first-order chi connectivity index (χ1) is 9.65. The van der Waals surface area contributed by atoms with E-state index in [9.17, 15) is 4.79 Å². The van der Waals surface area contributed by atoms with Crippen LogP contribution in [0.25, 0.3) is 0 Å². The van der Waals surface area contributed by atoms with Crippen LogP contribution in [0.3, 0.4) is 0 Å². The lowest BCUT2D eigenvalue weighted by Gasteiger charge is -2.35. The molecule has 0 aliphatic carbocycles. The molecule has 1 aromatic rings. The number of carbonyl (C=O) groups excluding carboxylic acids is 1. The summed E-state index contributed by atoms with van der Waals surface area (Å²) < 4.78 is 7.34. The van der Waals surface area contributed by atoms with Crippen molar-refractivity contribution >= 4 is 5.91 Å². The van der Waals surface area contributed by atoms with Gasteiger partial charge in [-0.1, -0.05) is 5.21 Å². The van der Waals surface area contributed by atoms with Gasteiger partial charge in [0.2, 0.25) is 5.91 Å². The summed E-state index contributed by atoms with van der Waals surface area (Å²) >= 11 is 0. The van der Waals surface area contributed by atoms with Crippen molar-refractivity contribution in [3.05, 3.63) is 12.4 Å². The minimum Gasteiger partial charge on any atom is -0.375 e. The first-order valence-electron chi connectivity index (χ1n) is 7.11. The number of carbonyl (C=O) groups is 1. The average Bonchev–Trinajstić information content (AvgIpc) is 2.92. The average molecular weight is 281 g/mol. The molecule has 1 saturated heterocycles. The van der Waals surface area contributed by atoms with Gasteiger partial charge < -0.3 is 10.1 Å². The van der Waals surface area contributed by atoms with Crippen LogP contribution < -0.4 is 5.32 Å². The van der Waals surface area contributed by atoms with Crippen LogP contribution in [-0.4, -0.2) is 64.2 Å². The molecule has 20 heavy (non-hydrogen) atoms. The fraction of sp³-hybridized carbons (Fsp3) is 0.769. The van der Waals surface area contributed by atoms with Gasteiger partial charge in [0, 0.05) is 31.9 Å². The van der Waals surface area contributed by atoms with E-state index in [-0.39, 0.29) is 12.0 Å². The molecule has 1 aliphatic heterocycles. The van der Waals surface area contributed by atoms with Gasteiger partial charge in [-0.3, -0.25) is 14.4 Å². The summed E-state index contributed by atoms with van der Waals surface area (Å²) in [7, 11) is 0. The van der Waals surface area contributed by atoms with Gasteiger partial charge in [-0.05, 0) is 13.8 Å². The molecule has 112 valence electrons. The minimum atomic E-state index is -0.00230. The van der Waals surface area contributed by atoms with Crippen LogP contribution in [0.1, 0.15) is 20.3 Å². The SMILES string of the molecule is CC(C)N1CCOC(CC(=O)NCCn2ccnn2)C1. The topological polar surface area (TPSA) is 72.3 Å². The molecule has 1 aromatic heterocycles. The van der Waals surface area contributed by atoms with Gasteiger partial charge in [-0.2, -0.15) is 0 Å². The highest BCUT2D eigenvalue weighted by atomic mass is 16.5. The van der Waals surface area contributed by atoms with Crippen molar-refractivity contribution in [1.82, 2.24) is 25.2 Å². The zero-order valence-electron chi connectivity index (χ0n) is 12.2. The largest absolute Gasteiger partial charge is 0.375 e. The van der Waals surface area contributed by atoms with Crippen LogP contribution in [-0.2, 0) is 16.1 Å². The fourth-order valence-corrected chi connectivity index (χ4v) is 2.28. The molecular formula is C13H23N5O2. The van der Waals surface area contributed by atoms with Gasteiger partial charge in [-0.25, -0.2) is 0 Å². The van der Waals surface area contributed by atoms with Crippen LogP contribution in [0.5, 0.6) is 0 Å². The number of amides is 1. The third-order valence-corrected chi connectivity index (χ3v) is 3.45. The summed E-state index contributed by atoms with van der Waals surface area (Å²) in [5, 5.41) is 10.4. The van der Waals surface area contributed by atoms with Gasteiger partial charge >= 0.3 is 0 Å². The van der Waals surface area contributed by atoms with E-state index in [0.717, 1.165) is 13.1 Å². The number of nitrogens with zero attached hydrogens (tertiary/aromatic N) is 4. The van der Waals surface area contributed by atoms with Gasteiger partial charge in [0.05, 0.1) is 31.9 Å². The fourth-order valence-electron chi connectivity index (χ4n) is 2.28. The van der Waals surface area contributed by atoms with E-state index < -0.39 is 0 Å². The summed E-state index contributed by atoms with van der Waals surface area (Å²) in [5.41, 5.74) is 0. The second kappa shape index (κ2) is 7.35. The number of rotatable bonds is 6. The van der Waals surface area contributed by atoms with Crippen molar-refractivity contribution in [2.75, 3.05) is 26.2 Å². The normalized spacial score (nSPS) is 20.2. The van der Waals surface area contributed by atoms with Gasteiger partial charge in [0.1, 0.15) is 0 Å². The van der Waals surface area contributed by atoms with Crippen molar-refractivity contribution in [2.24, 2.45) is 0 Å². The maximum atomic E-state index is 11.9. The van der Waals surface area contributed by atoms with Crippen molar-refractivity contribution in [3.63, 3.8) is 0 Å². The van der Waals surface area contributed by atoms with Crippen LogP contribution in [0, 0.1) is 0 Å². The quantitative estimate of drug-likeness (QED) is 0.788. The first kappa shape index (κ1) is 14.9. The molecule has 1 N–H and O–H groups in total. The zero-order valence-corrected chi connectivity index (χ0v) is 12.2. The van der Waals surface area contributed by atoms with Crippen molar-refractivity contribution in [1.29, 1.82) is 0 Å². The summed E-state index contributed by atoms with van der Waals surface area (Å²) in [6, 6.07) is 0.497. The number of aromatic nitrogens is 3. The number of hydrogen-bond acceptors (Lipinski definition) is 5. The zero-order chi connectivity index (χ0) is 14.4. The molecule has 7 nitrogen and oxygen atoms in total. The maximum Gasteiger partial charge on any atom is 0.222 e. The molecular weight excluding hydrogens is 258 g/mol. The molecule has 0 bridgehead atoms. The number of nitrogens with one attached hydrogen (secondary N) is 1. The molecule has 1 unspecified atom stereocenters. The molecule has 2 heterocycles. The molecule has 1 atom stereocenters. The third kappa shape index (κ3) is 4.57. The highest BCUT2D eigenvalue weighted by Gasteiger charge is 2.24. The van der Waals surface area contributed by atoms with E-state index in [1.165, 1.54) is 0 Å². The Bertz CT molecular complexity index is 407. The maximum absolute atomic E-state index is 11.9. The van der Waals surface area contributed by atoms with E-state index in [1.54, 1.807) is 17.1 Å². The third-order valence-electron chi connectivity index (χ3n) is 3.45. The predicted octanol–water partition coefficient (Wildman–Crippen LogP) is -0.106. The molecule has 7 heteroatoms. The summed E-state index contributed by atoms with van der Waals surface area (Å²) in [6.45, 7) is 8.00. The summed E-state index contributed by atoms with van der Waals surface area (Å²) in [5.74, 6) is 0.0284. The van der Waals surface area contributed by atoms with Crippen LogP contribution in [0.4, 0.5) is 0 Å². The Labute approximate surface area is 119 Å². The Morgan fingerprint density at radius 3 is 3.10 bits per heavy atom. The molecule has 0 aromatic carbocycles. The van der Waals surface area contributed by atoms with E-state index in [0.29, 0.717) is 32.2 Å². The van der Waals surface area contributed by atoms with Crippen LogP contribution >= 0.6 is 0 Å². The van der Waals surface area contributed by atoms with Gasteiger partial charge in [-0.15, -0.1) is 5.10 Å². The molecule has 0 radical (unpaired) electrons.